The van der Waals surface area contributed by atoms with Crippen molar-refractivity contribution in [2.45, 2.75) is 81.2 Å². The van der Waals surface area contributed by atoms with E-state index in [9.17, 15) is 43.2 Å². The van der Waals surface area contributed by atoms with Crippen LogP contribution in [0.2, 0.25) is 0 Å². The van der Waals surface area contributed by atoms with Gasteiger partial charge in [0.2, 0.25) is 47.3 Å². The first-order valence-corrected chi connectivity index (χ1v) is 18.7. The van der Waals surface area contributed by atoms with Gasteiger partial charge in [0.15, 0.2) is 5.96 Å². The molecule has 6 unspecified atom stereocenters. The lowest BCUT2D eigenvalue weighted by atomic mass is 10.1. The summed E-state index contributed by atoms with van der Waals surface area (Å²) < 4.78 is 0. The zero-order valence-corrected chi connectivity index (χ0v) is 30.5. The van der Waals surface area contributed by atoms with Gasteiger partial charge in [0, 0.05) is 31.0 Å². The molecule has 1 rings (SSSR count). The first-order chi connectivity index (χ1) is 24.8. The van der Waals surface area contributed by atoms with E-state index >= 15 is 0 Å². The number of hydrogen-bond acceptors (Lipinski definition) is 14. The summed E-state index contributed by atoms with van der Waals surface area (Å²) in [6.07, 6.45) is -0.298. The second-order valence-corrected chi connectivity index (χ2v) is 14.4. The normalized spacial score (nSPS) is 16.5. The third kappa shape index (κ3) is 17.9. The molecule has 53 heavy (non-hydrogen) atoms. The molecule has 0 aliphatic carbocycles. The second kappa shape index (κ2) is 23.6. The van der Waals surface area contributed by atoms with E-state index in [1.807, 2.05) is 0 Å². The van der Waals surface area contributed by atoms with E-state index < -0.39 is 102 Å². The van der Waals surface area contributed by atoms with Crippen LogP contribution < -0.4 is 61.4 Å². The van der Waals surface area contributed by atoms with Crippen LogP contribution in [-0.2, 0) is 43.2 Å². The number of nitrogens with one attached hydrogen (secondary N) is 4. The summed E-state index contributed by atoms with van der Waals surface area (Å²) in [5, 5.41) is 18.8. The zero-order valence-electron chi connectivity index (χ0n) is 28.8. The lowest BCUT2D eigenvalue weighted by molar-refractivity contribution is -0.142. The number of guanidine groups is 1. The Balaban J connectivity index is 3.27. The Morgan fingerprint density at radius 1 is 0.755 bits per heavy atom. The van der Waals surface area contributed by atoms with E-state index in [4.69, 9.17) is 45.2 Å². The maximum absolute atomic E-state index is 14.0. The standard InChI is InChI=1S/C28H49N13O10S2/c29-13(5-6-19(31)42)22(45)39-16(9-20(32)43)24(47)40-17(12-53-52-11-14(30)27(50)51)26(49)41-8-2-4-18(41)25(48)38-15(3-1-7-36-28(34)35)23(46)37-10-21(33)44/h13-18H,1-12,29-30H2,(H2,31,42)(H2,32,43)(H2,33,44)(H,37,46)(H,38,48)(H,39,45)(H,40,47)(H,50,51)(H4,34,35,36). The molecule has 298 valence electrons. The summed E-state index contributed by atoms with van der Waals surface area (Å²) in [5.74, 6) is -8.38. The molecule has 1 saturated heterocycles. The average molecular weight is 792 g/mol. The minimum absolute atomic E-state index is 0.0396. The minimum Gasteiger partial charge on any atom is -0.480 e. The van der Waals surface area contributed by atoms with Gasteiger partial charge in [-0.3, -0.25) is 48.1 Å². The molecule has 19 N–H and O–H groups in total. The predicted octanol–water partition coefficient (Wildman–Crippen LogP) is -6.65. The molecule has 0 saturated carbocycles. The van der Waals surface area contributed by atoms with Gasteiger partial charge >= 0.3 is 5.97 Å². The molecule has 0 aromatic rings. The van der Waals surface area contributed by atoms with Gasteiger partial charge < -0.3 is 71.4 Å². The van der Waals surface area contributed by atoms with Crippen LogP contribution in [0.3, 0.4) is 0 Å². The number of aliphatic carboxylic acids is 1. The summed E-state index contributed by atoms with van der Waals surface area (Å²) in [6.45, 7) is -0.320. The van der Waals surface area contributed by atoms with Crippen molar-refractivity contribution in [3.63, 3.8) is 0 Å². The van der Waals surface area contributed by atoms with Crippen molar-refractivity contribution in [3.8, 4) is 0 Å². The molecule has 1 aliphatic rings. The molecular weight excluding hydrogens is 743 g/mol. The van der Waals surface area contributed by atoms with Crippen LogP contribution >= 0.6 is 21.6 Å². The van der Waals surface area contributed by atoms with Crippen LogP contribution in [0.25, 0.3) is 0 Å². The van der Waals surface area contributed by atoms with Crippen LogP contribution in [0.4, 0.5) is 0 Å². The topological polar surface area (TPSA) is 420 Å². The zero-order chi connectivity index (χ0) is 40.2. The first-order valence-electron chi connectivity index (χ1n) is 16.2. The van der Waals surface area contributed by atoms with Gasteiger partial charge in [-0.2, -0.15) is 0 Å². The van der Waals surface area contributed by atoms with Gasteiger partial charge in [-0.25, -0.2) is 0 Å². The number of amides is 8. The molecule has 1 aliphatic heterocycles. The SMILES string of the molecule is NC(=O)CCC(N)C(=O)NC(CC(N)=O)C(=O)NC(CSSCC(N)C(=O)O)C(=O)N1CCCC1C(=O)NC(CCCN=C(N)N)C(=O)NCC(N)=O. The van der Waals surface area contributed by atoms with Gasteiger partial charge in [-0.15, -0.1) is 0 Å². The van der Waals surface area contributed by atoms with Crippen molar-refractivity contribution in [3.05, 3.63) is 0 Å². The quantitative estimate of drug-likeness (QED) is 0.0177. The Kier molecular flexibility index (Phi) is 20.6. The highest BCUT2D eigenvalue weighted by Gasteiger charge is 2.40. The number of hydrogen-bond donors (Lipinski definition) is 12. The molecule has 0 spiro atoms. The summed E-state index contributed by atoms with van der Waals surface area (Å²) in [4.78, 5) is 117. The Hall–Kier alpha value is -4.88. The van der Waals surface area contributed by atoms with Gasteiger partial charge in [0.25, 0.3) is 0 Å². The maximum Gasteiger partial charge on any atom is 0.321 e. The fourth-order valence-corrected chi connectivity index (χ4v) is 6.98. The van der Waals surface area contributed by atoms with E-state index in [-0.39, 0.29) is 62.7 Å². The van der Waals surface area contributed by atoms with Crippen molar-refractivity contribution in [1.82, 2.24) is 26.2 Å². The van der Waals surface area contributed by atoms with Crippen molar-refractivity contribution in [1.29, 1.82) is 0 Å². The Morgan fingerprint density at radius 3 is 1.98 bits per heavy atom. The van der Waals surface area contributed by atoms with Crippen molar-refractivity contribution < 1.29 is 48.3 Å². The number of carbonyl (C=O) groups is 9. The van der Waals surface area contributed by atoms with Crippen molar-refractivity contribution in [2.75, 3.05) is 31.1 Å². The maximum atomic E-state index is 14.0. The number of aliphatic imine (C=N–C) groups is 1. The van der Waals surface area contributed by atoms with Gasteiger partial charge in [-0.05, 0) is 32.1 Å². The van der Waals surface area contributed by atoms with Crippen LogP contribution in [0, 0.1) is 0 Å². The smallest absolute Gasteiger partial charge is 0.321 e. The largest absolute Gasteiger partial charge is 0.480 e. The Bertz CT molecular complexity index is 1380. The highest BCUT2D eigenvalue weighted by Crippen LogP contribution is 2.25. The number of nitrogens with two attached hydrogens (primary N) is 7. The number of carboxylic acids is 1. The molecule has 0 radical (unpaired) electrons. The van der Waals surface area contributed by atoms with Crippen molar-refractivity contribution >= 4 is 80.8 Å². The fourth-order valence-electron chi connectivity index (χ4n) is 4.71. The van der Waals surface area contributed by atoms with Gasteiger partial charge in [0.05, 0.1) is 19.0 Å². The third-order valence-corrected chi connectivity index (χ3v) is 9.88. The van der Waals surface area contributed by atoms with Crippen LogP contribution in [-0.4, -0.2) is 137 Å². The second-order valence-electron chi connectivity index (χ2n) is 11.8. The number of primary amides is 3. The number of nitrogens with zero attached hydrogens (tertiary/aromatic N) is 2. The monoisotopic (exact) mass is 791 g/mol. The fraction of sp³-hybridized carbons (Fsp3) is 0.643. The molecule has 0 aromatic carbocycles. The highest BCUT2D eigenvalue weighted by atomic mass is 33.1. The first kappa shape index (κ1) is 46.1. The number of carbonyl (C=O) groups excluding carboxylic acids is 8. The molecule has 1 heterocycles. The summed E-state index contributed by atoms with van der Waals surface area (Å²) in [6, 6.07) is -7.82. The van der Waals surface area contributed by atoms with Crippen LogP contribution in [0.15, 0.2) is 4.99 Å². The molecule has 0 aromatic heterocycles. The molecule has 6 atom stereocenters. The van der Waals surface area contributed by atoms with E-state index in [0.717, 1.165) is 21.6 Å². The molecule has 23 nitrogen and oxygen atoms in total. The average Bonchev–Trinajstić information content (AvgIpc) is 3.57. The Labute approximate surface area is 312 Å². The molecular formula is C28H49N13O10S2. The number of likely N-dealkylation sites (tertiary alicyclic amines) is 1. The number of rotatable bonds is 25. The number of carboxylic acid groups (broad SMARTS) is 1. The molecule has 1 fully saturated rings. The van der Waals surface area contributed by atoms with E-state index in [1.165, 1.54) is 4.90 Å². The summed E-state index contributed by atoms with van der Waals surface area (Å²) in [7, 11) is 1.98. The van der Waals surface area contributed by atoms with E-state index in [2.05, 4.69) is 26.3 Å². The molecule has 25 heteroatoms. The van der Waals surface area contributed by atoms with Gasteiger partial charge in [-0.1, -0.05) is 21.6 Å². The third-order valence-electron chi connectivity index (χ3n) is 7.43. The lowest BCUT2D eigenvalue weighted by Crippen LogP contribution is -2.59. The summed E-state index contributed by atoms with van der Waals surface area (Å²) >= 11 is 0. The van der Waals surface area contributed by atoms with Crippen molar-refractivity contribution in [2.24, 2.45) is 45.1 Å². The van der Waals surface area contributed by atoms with E-state index in [0.29, 0.717) is 6.42 Å². The van der Waals surface area contributed by atoms with E-state index in [1.54, 1.807) is 0 Å². The Morgan fingerprint density at radius 2 is 1.40 bits per heavy atom. The molecule has 8 amide bonds. The lowest BCUT2D eigenvalue weighted by Gasteiger charge is -2.30. The van der Waals surface area contributed by atoms with Crippen LogP contribution in [0.5, 0.6) is 0 Å². The highest BCUT2D eigenvalue weighted by molar-refractivity contribution is 8.76. The minimum atomic E-state index is -1.61. The van der Waals surface area contributed by atoms with Gasteiger partial charge in [0.1, 0.15) is 30.2 Å². The van der Waals surface area contributed by atoms with Crippen LogP contribution in [0.1, 0.15) is 44.9 Å². The predicted molar refractivity (Wildman–Crippen MR) is 193 cm³/mol. The molecule has 0 bridgehead atoms. The summed E-state index contributed by atoms with van der Waals surface area (Å²) in [5.41, 5.74) is 37.5.